The molecule has 14 nitrogen and oxygen atoms in total. The molecule has 232 valence electrons. The lowest BCUT2D eigenvalue weighted by Gasteiger charge is -2.31. The zero-order valence-corrected chi connectivity index (χ0v) is 25.0. The molecule has 0 amide bonds. The predicted octanol–water partition coefficient (Wildman–Crippen LogP) is 1.47. The van der Waals surface area contributed by atoms with Crippen LogP contribution in [0.25, 0.3) is 22.1 Å². The quantitative estimate of drug-likeness (QED) is 0.247. The average molecular weight is 605 g/mol. The van der Waals surface area contributed by atoms with Gasteiger partial charge in [0, 0.05) is 50.1 Å². The van der Waals surface area contributed by atoms with Crippen LogP contribution in [0.2, 0.25) is 0 Å². The van der Waals surface area contributed by atoms with E-state index < -0.39 is 23.2 Å². The minimum Gasteiger partial charge on any atom is -0.481 e. The van der Waals surface area contributed by atoms with Crippen LogP contribution in [0.3, 0.4) is 0 Å². The van der Waals surface area contributed by atoms with E-state index in [1.807, 2.05) is 31.2 Å². The summed E-state index contributed by atoms with van der Waals surface area (Å²) in [4.78, 5) is 62.6. The van der Waals surface area contributed by atoms with Crippen LogP contribution in [-0.4, -0.2) is 69.9 Å². The zero-order chi connectivity index (χ0) is 32.0. The van der Waals surface area contributed by atoms with Crippen molar-refractivity contribution in [1.29, 1.82) is 0 Å². The van der Waals surface area contributed by atoms with Crippen LogP contribution in [0, 0.1) is 18.8 Å². The third-order valence-electron chi connectivity index (χ3n) is 7.29. The largest absolute Gasteiger partial charge is 0.481 e. The Bertz CT molecular complexity index is 1870. The summed E-state index contributed by atoms with van der Waals surface area (Å²) in [6, 6.07) is 7.71. The monoisotopic (exact) mass is 604 g/mol. The first-order valence-electron chi connectivity index (χ1n) is 14.3. The molecule has 1 saturated heterocycles. The van der Waals surface area contributed by atoms with Crippen molar-refractivity contribution in [3.05, 3.63) is 56.6 Å². The molecule has 1 atom stereocenters. The molecule has 5 rings (SSSR count). The van der Waals surface area contributed by atoms with Gasteiger partial charge in [-0.15, -0.1) is 5.92 Å². The molecule has 0 bridgehead atoms. The summed E-state index contributed by atoms with van der Waals surface area (Å²) in [5.74, 6) is 5.06. The molecule has 14 heteroatoms. The molecule has 4 N–H and O–H groups in total. The first kappa shape index (κ1) is 31.9. The number of fused-ring (bicyclic) bond motifs is 2. The summed E-state index contributed by atoms with van der Waals surface area (Å²) >= 11 is 0. The molecule has 1 fully saturated rings. The standard InChI is InChI=1S/C25H28N8O2.C5H8O4/c1-4-5-13-32-21-22(29-24(32)31-12-8-9-17(26)14-31)30(3)25(35)33(23(21)34)15-20-27-16(2)18-10-6-7-11-19(18)28-20;6-4(7)2-1-3-5(8)9/h6-7,10-11,17H,8-9,12-15,26H2,1-3H3;1-3H2,(H,6,7)(H,8,9)/t17-;/m1./s1. The Morgan fingerprint density at radius 2 is 1.77 bits per heavy atom. The molecular formula is C30H36N8O6. The number of imidazole rings is 1. The van der Waals surface area contributed by atoms with Crippen LogP contribution < -0.4 is 21.9 Å². The van der Waals surface area contributed by atoms with Gasteiger partial charge in [-0.2, -0.15) is 4.98 Å². The van der Waals surface area contributed by atoms with Crippen LogP contribution in [-0.2, 0) is 29.7 Å². The lowest BCUT2D eigenvalue weighted by molar-refractivity contribution is -0.138. The highest BCUT2D eigenvalue weighted by Crippen LogP contribution is 2.23. The summed E-state index contributed by atoms with van der Waals surface area (Å²) in [5.41, 5.74) is 7.54. The number of carbonyl (C=O) groups is 2. The minimum atomic E-state index is -0.948. The van der Waals surface area contributed by atoms with Crippen molar-refractivity contribution in [2.75, 3.05) is 18.0 Å². The van der Waals surface area contributed by atoms with Gasteiger partial charge in [0.1, 0.15) is 5.82 Å². The number of aromatic nitrogens is 6. The highest BCUT2D eigenvalue weighted by molar-refractivity contribution is 5.80. The van der Waals surface area contributed by atoms with Gasteiger partial charge in [0.05, 0.1) is 18.6 Å². The Hall–Kier alpha value is -5.03. The van der Waals surface area contributed by atoms with E-state index in [-0.39, 0.29) is 38.4 Å². The van der Waals surface area contributed by atoms with Crippen LogP contribution >= 0.6 is 0 Å². The van der Waals surface area contributed by atoms with Crippen LogP contribution in [0.1, 0.15) is 50.5 Å². The van der Waals surface area contributed by atoms with Crippen LogP contribution in [0.5, 0.6) is 0 Å². The SMILES string of the molecule is CC#CCn1c(N2CCC[C@@H](N)C2)nc2c1c(=O)n(Cc1nc(C)c3ccccc3n1)c(=O)n2C.O=C(O)CCCC(=O)O. The Kier molecular flexibility index (Phi) is 10.1. The van der Waals surface area contributed by atoms with Crippen molar-refractivity contribution in [2.24, 2.45) is 12.8 Å². The molecule has 0 aliphatic carbocycles. The summed E-state index contributed by atoms with van der Waals surface area (Å²) in [6.07, 6.45) is 1.97. The zero-order valence-electron chi connectivity index (χ0n) is 25.0. The molecule has 3 aromatic heterocycles. The highest BCUT2D eigenvalue weighted by atomic mass is 16.4. The fraction of sp³-hybridized carbons (Fsp3) is 0.433. The van der Waals surface area contributed by atoms with Gasteiger partial charge in [0.15, 0.2) is 11.2 Å². The fourth-order valence-electron chi connectivity index (χ4n) is 5.14. The minimum absolute atomic E-state index is 0.0306. The lowest BCUT2D eigenvalue weighted by atomic mass is 10.1. The van der Waals surface area contributed by atoms with Gasteiger partial charge in [-0.1, -0.05) is 24.1 Å². The number of para-hydroxylation sites is 1. The molecule has 0 saturated carbocycles. The Labute approximate surface area is 252 Å². The number of rotatable bonds is 8. The van der Waals surface area contributed by atoms with Crippen LogP contribution in [0.4, 0.5) is 5.95 Å². The molecule has 4 heterocycles. The van der Waals surface area contributed by atoms with Crippen molar-refractivity contribution in [3.63, 3.8) is 0 Å². The number of carboxylic acid groups (broad SMARTS) is 2. The Morgan fingerprint density at radius 1 is 1.07 bits per heavy atom. The van der Waals surface area contributed by atoms with E-state index >= 15 is 0 Å². The van der Waals surface area contributed by atoms with E-state index in [4.69, 9.17) is 20.9 Å². The summed E-state index contributed by atoms with van der Waals surface area (Å²) in [6.45, 7) is 5.31. The van der Waals surface area contributed by atoms with Crippen molar-refractivity contribution in [2.45, 2.75) is 65.1 Å². The molecule has 1 aliphatic rings. The average Bonchev–Trinajstić information content (AvgIpc) is 3.37. The third-order valence-corrected chi connectivity index (χ3v) is 7.29. The first-order valence-corrected chi connectivity index (χ1v) is 14.3. The number of nitrogens with zero attached hydrogens (tertiary/aromatic N) is 7. The van der Waals surface area contributed by atoms with E-state index in [0.717, 1.165) is 36.0 Å². The molecule has 1 aromatic carbocycles. The molecule has 44 heavy (non-hydrogen) atoms. The predicted molar refractivity (Wildman–Crippen MR) is 165 cm³/mol. The maximum atomic E-state index is 13.7. The summed E-state index contributed by atoms with van der Waals surface area (Å²) in [7, 11) is 1.63. The number of aryl methyl sites for hydroxylation is 2. The van der Waals surface area contributed by atoms with E-state index in [0.29, 0.717) is 29.5 Å². The number of piperidine rings is 1. The lowest BCUT2D eigenvalue weighted by Crippen LogP contribution is -2.44. The van der Waals surface area contributed by atoms with Gasteiger partial charge in [-0.3, -0.25) is 28.1 Å². The smallest absolute Gasteiger partial charge is 0.332 e. The number of anilines is 1. The number of hydrogen-bond acceptors (Lipinski definition) is 9. The third kappa shape index (κ3) is 7.12. The van der Waals surface area contributed by atoms with Gasteiger partial charge >= 0.3 is 17.6 Å². The molecule has 0 unspecified atom stereocenters. The van der Waals surface area contributed by atoms with Crippen molar-refractivity contribution in [3.8, 4) is 11.8 Å². The van der Waals surface area contributed by atoms with Crippen molar-refractivity contribution in [1.82, 2.24) is 28.7 Å². The molecular weight excluding hydrogens is 568 g/mol. The van der Waals surface area contributed by atoms with Gasteiger partial charge < -0.3 is 20.8 Å². The molecule has 1 aliphatic heterocycles. The second kappa shape index (κ2) is 14.0. The maximum Gasteiger partial charge on any atom is 0.332 e. The van der Waals surface area contributed by atoms with E-state index in [9.17, 15) is 19.2 Å². The van der Waals surface area contributed by atoms with Crippen molar-refractivity contribution >= 4 is 40.0 Å². The number of nitrogens with two attached hydrogens (primary N) is 1. The maximum absolute atomic E-state index is 13.7. The van der Waals surface area contributed by atoms with Gasteiger partial charge in [0.2, 0.25) is 5.95 Å². The highest BCUT2D eigenvalue weighted by Gasteiger charge is 2.26. The van der Waals surface area contributed by atoms with Crippen LogP contribution in [0.15, 0.2) is 33.9 Å². The molecule has 0 spiro atoms. The van der Waals surface area contributed by atoms with E-state index in [1.165, 1.54) is 9.13 Å². The number of aliphatic carboxylic acids is 2. The first-order chi connectivity index (χ1) is 21.0. The normalized spacial score (nSPS) is 14.5. The second-order valence-electron chi connectivity index (χ2n) is 10.6. The van der Waals surface area contributed by atoms with E-state index in [1.54, 1.807) is 18.5 Å². The van der Waals surface area contributed by atoms with Gasteiger partial charge in [-0.25, -0.2) is 14.8 Å². The fourth-order valence-corrected chi connectivity index (χ4v) is 5.14. The Morgan fingerprint density at radius 3 is 2.43 bits per heavy atom. The molecule has 4 aromatic rings. The number of hydrogen-bond donors (Lipinski definition) is 3. The molecule has 0 radical (unpaired) electrons. The Balaban J connectivity index is 0.000000429. The van der Waals surface area contributed by atoms with E-state index in [2.05, 4.69) is 26.7 Å². The number of carboxylic acids is 2. The number of benzene rings is 1. The van der Waals surface area contributed by atoms with Gasteiger partial charge in [0.25, 0.3) is 5.56 Å². The topological polar surface area (TPSA) is 191 Å². The second-order valence-corrected chi connectivity index (χ2v) is 10.6. The summed E-state index contributed by atoms with van der Waals surface area (Å²) < 4.78 is 4.39. The summed E-state index contributed by atoms with van der Waals surface area (Å²) in [5, 5.41) is 17.0. The van der Waals surface area contributed by atoms with Crippen molar-refractivity contribution < 1.29 is 19.8 Å². The van der Waals surface area contributed by atoms with Gasteiger partial charge in [-0.05, 0) is 39.2 Å².